The predicted molar refractivity (Wildman–Crippen MR) is 112 cm³/mol. The lowest BCUT2D eigenvalue weighted by Gasteiger charge is -2.06. The summed E-state index contributed by atoms with van der Waals surface area (Å²) in [4.78, 5) is 34.7. The molecule has 0 fully saturated rings. The monoisotopic (exact) mass is 399 g/mol. The zero-order chi connectivity index (χ0) is 21.1. The van der Waals surface area contributed by atoms with E-state index in [1.165, 1.54) is 35.4 Å². The first kappa shape index (κ1) is 19.3. The van der Waals surface area contributed by atoms with E-state index in [1.54, 1.807) is 12.1 Å². The standard InChI is InChI=1S/C24H17NO5/c26-23(15-30-24(27)11-8-16-4-3-6-20(12-16)25(28)29)19-10-9-18-13-17-5-1-2-7-21(17)22(18)14-19/h1-12,14H,13,15H2/b11-8+. The molecule has 0 bridgehead atoms. The molecule has 0 atom stereocenters. The number of carbonyl (C=O) groups excluding carboxylic acids is 2. The molecule has 30 heavy (non-hydrogen) atoms. The van der Waals surface area contributed by atoms with Crippen LogP contribution in [0, 0.1) is 10.1 Å². The summed E-state index contributed by atoms with van der Waals surface area (Å²) >= 11 is 0. The van der Waals surface area contributed by atoms with Crippen molar-refractivity contribution in [1.29, 1.82) is 0 Å². The van der Waals surface area contributed by atoms with Crippen molar-refractivity contribution in [1.82, 2.24) is 0 Å². The quantitative estimate of drug-likeness (QED) is 0.155. The first-order valence-corrected chi connectivity index (χ1v) is 9.35. The molecule has 0 aromatic heterocycles. The number of Topliss-reactive ketones (excluding diaryl/α,β-unsaturated/α-hetero) is 1. The Morgan fingerprint density at radius 1 is 0.967 bits per heavy atom. The Balaban J connectivity index is 1.39. The van der Waals surface area contributed by atoms with Crippen molar-refractivity contribution in [3.05, 3.63) is 105 Å². The van der Waals surface area contributed by atoms with Gasteiger partial charge in [-0.25, -0.2) is 4.79 Å². The molecule has 0 radical (unpaired) electrons. The Morgan fingerprint density at radius 3 is 2.60 bits per heavy atom. The third-order valence-corrected chi connectivity index (χ3v) is 4.96. The highest BCUT2D eigenvalue weighted by Crippen LogP contribution is 2.36. The van der Waals surface area contributed by atoms with Gasteiger partial charge in [0.2, 0.25) is 0 Å². The molecule has 1 aliphatic rings. The fourth-order valence-corrected chi connectivity index (χ4v) is 3.47. The zero-order valence-corrected chi connectivity index (χ0v) is 15.9. The van der Waals surface area contributed by atoms with Gasteiger partial charge in [0.25, 0.3) is 5.69 Å². The van der Waals surface area contributed by atoms with Gasteiger partial charge in [0, 0.05) is 23.8 Å². The summed E-state index contributed by atoms with van der Waals surface area (Å²) < 4.78 is 5.04. The van der Waals surface area contributed by atoms with Crippen molar-refractivity contribution in [2.75, 3.05) is 6.61 Å². The van der Waals surface area contributed by atoms with Crippen LogP contribution in [0.15, 0.2) is 72.8 Å². The highest BCUT2D eigenvalue weighted by molar-refractivity contribution is 6.00. The number of hydrogen-bond acceptors (Lipinski definition) is 5. The Labute approximate surface area is 172 Å². The number of esters is 1. The molecule has 0 aliphatic heterocycles. The average Bonchev–Trinajstić information content (AvgIpc) is 3.14. The smallest absolute Gasteiger partial charge is 0.331 e. The second kappa shape index (κ2) is 8.13. The van der Waals surface area contributed by atoms with Gasteiger partial charge in [-0.3, -0.25) is 14.9 Å². The van der Waals surface area contributed by atoms with Gasteiger partial charge in [-0.15, -0.1) is 0 Å². The molecule has 0 N–H and O–H groups in total. The van der Waals surface area contributed by atoms with E-state index < -0.39 is 10.9 Å². The van der Waals surface area contributed by atoms with Crippen LogP contribution in [-0.2, 0) is 16.0 Å². The van der Waals surface area contributed by atoms with Crippen molar-refractivity contribution in [3.8, 4) is 11.1 Å². The van der Waals surface area contributed by atoms with Gasteiger partial charge in [0.1, 0.15) is 0 Å². The van der Waals surface area contributed by atoms with E-state index in [4.69, 9.17) is 4.74 Å². The zero-order valence-electron chi connectivity index (χ0n) is 15.9. The van der Waals surface area contributed by atoms with Gasteiger partial charge in [-0.05, 0) is 46.4 Å². The Bertz CT molecular complexity index is 1200. The van der Waals surface area contributed by atoms with Crippen LogP contribution in [0.3, 0.4) is 0 Å². The van der Waals surface area contributed by atoms with Gasteiger partial charge in [0.15, 0.2) is 12.4 Å². The maximum absolute atomic E-state index is 12.5. The second-order valence-corrected chi connectivity index (χ2v) is 6.92. The number of nitro groups is 1. The number of ketones is 1. The summed E-state index contributed by atoms with van der Waals surface area (Å²) in [5.74, 6) is -0.986. The van der Waals surface area contributed by atoms with E-state index in [2.05, 4.69) is 6.07 Å². The molecule has 4 rings (SSSR count). The fourth-order valence-electron chi connectivity index (χ4n) is 3.47. The third kappa shape index (κ3) is 4.03. The minimum Gasteiger partial charge on any atom is -0.454 e. The van der Waals surface area contributed by atoms with Crippen molar-refractivity contribution in [3.63, 3.8) is 0 Å². The topological polar surface area (TPSA) is 86.5 Å². The lowest BCUT2D eigenvalue weighted by atomic mass is 10.0. The lowest BCUT2D eigenvalue weighted by Crippen LogP contribution is -2.12. The minimum atomic E-state index is -0.693. The summed E-state index contributed by atoms with van der Waals surface area (Å²) in [5, 5.41) is 10.8. The summed E-state index contributed by atoms with van der Waals surface area (Å²) in [7, 11) is 0. The number of fused-ring (bicyclic) bond motifs is 3. The number of nitro benzene ring substituents is 1. The van der Waals surface area contributed by atoms with Crippen molar-refractivity contribution < 1.29 is 19.2 Å². The number of nitrogens with zero attached hydrogens (tertiary/aromatic N) is 1. The van der Waals surface area contributed by atoms with E-state index in [0.29, 0.717) is 11.1 Å². The molecule has 6 nitrogen and oxygen atoms in total. The molecule has 0 saturated heterocycles. The van der Waals surface area contributed by atoms with Crippen LogP contribution in [0.1, 0.15) is 27.0 Å². The van der Waals surface area contributed by atoms with Gasteiger partial charge in [-0.1, -0.05) is 48.5 Å². The minimum absolute atomic E-state index is 0.0705. The lowest BCUT2D eigenvalue weighted by molar-refractivity contribution is -0.384. The van der Waals surface area contributed by atoms with Gasteiger partial charge in [-0.2, -0.15) is 0 Å². The number of benzene rings is 3. The molecule has 6 heteroatoms. The van der Waals surface area contributed by atoms with Crippen LogP contribution in [0.4, 0.5) is 5.69 Å². The highest BCUT2D eigenvalue weighted by Gasteiger charge is 2.19. The molecule has 3 aromatic rings. The molecular formula is C24H17NO5. The molecule has 0 spiro atoms. The molecule has 148 valence electrons. The van der Waals surface area contributed by atoms with E-state index in [9.17, 15) is 19.7 Å². The van der Waals surface area contributed by atoms with Crippen molar-refractivity contribution >= 4 is 23.5 Å². The third-order valence-electron chi connectivity index (χ3n) is 4.96. The summed E-state index contributed by atoms with van der Waals surface area (Å²) in [6, 6.07) is 19.5. The molecule has 1 aliphatic carbocycles. The van der Waals surface area contributed by atoms with Gasteiger partial charge in [0.05, 0.1) is 4.92 Å². The summed E-state index contributed by atoms with van der Waals surface area (Å²) in [6.45, 7) is -0.376. The molecule has 3 aromatic carbocycles. The van der Waals surface area contributed by atoms with Crippen molar-refractivity contribution in [2.45, 2.75) is 6.42 Å². The number of hydrogen-bond donors (Lipinski definition) is 0. The number of ether oxygens (including phenoxy) is 1. The normalized spacial score (nSPS) is 11.7. The predicted octanol–water partition coefficient (Wildman–Crippen LogP) is 4.61. The fraction of sp³-hybridized carbons (Fsp3) is 0.0833. The van der Waals surface area contributed by atoms with E-state index in [-0.39, 0.29) is 18.1 Å². The Kier molecular flexibility index (Phi) is 5.22. The highest BCUT2D eigenvalue weighted by atomic mass is 16.6. The molecule has 0 unspecified atom stereocenters. The summed E-state index contributed by atoms with van der Waals surface area (Å²) in [5.41, 5.74) is 5.47. The maximum atomic E-state index is 12.5. The van der Waals surface area contributed by atoms with Crippen molar-refractivity contribution in [2.24, 2.45) is 0 Å². The van der Waals surface area contributed by atoms with Crippen LogP contribution < -0.4 is 0 Å². The number of non-ortho nitro benzene ring substituents is 1. The average molecular weight is 399 g/mol. The van der Waals surface area contributed by atoms with Crippen LogP contribution >= 0.6 is 0 Å². The van der Waals surface area contributed by atoms with Crippen LogP contribution in [0.2, 0.25) is 0 Å². The summed E-state index contributed by atoms with van der Waals surface area (Å²) in [6.07, 6.45) is 3.40. The van der Waals surface area contributed by atoms with Crippen LogP contribution in [-0.4, -0.2) is 23.3 Å². The Morgan fingerprint density at radius 2 is 1.77 bits per heavy atom. The van der Waals surface area contributed by atoms with E-state index in [1.807, 2.05) is 30.3 Å². The number of carbonyl (C=O) groups is 2. The van der Waals surface area contributed by atoms with E-state index >= 15 is 0 Å². The van der Waals surface area contributed by atoms with Gasteiger partial charge >= 0.3 is 5.97 Å². The first-order chi connectivity index (χ1) is 14.5. The van der Waals surface area contributed by atoms with Crippen LogP contribution in [0.25, 0.3) is 17.2 Å². The largest absolute Gasteiger partial charge is 0.454 e. The molecule has 0 heterocycles. The first-order valence-electron chi connectivity index (χ1n) is 9.35. The SMILES string of the molecule is O=C(/C=C/c1cccc([N+](=O)[O-])c1)OCC(=O)c1ccc2c(c1)-c1ccccc1C2. The molecule has 0 amide bonds. The second-order valence-electron chi connectivity index (χ2n) is 6.92. The number of rotatable bonds is 6. The van der Waals surface area contributed by atoms with Gasteiger partial charge < -0.3 is 4.74 Å². The molecular weight excluding hydrogens is 382 g/mol. The van der Waals surface area contributed by atoms with E-state index in [0.717, 1.165) is 23.6 Å². The Hall–Kier alpha value is -4.06. The molecule has 0 saturated carbocycles. The van der Waals surface area contributed by atoms with Crippen LogP contribution in [0.5, 0.6) is 0 Å². The maximum Gasteiger partial charge on any atom is 0.331 e.